The molecule has 2 amide bonds. The second-order valence-corrected chi connectivity index (χ2v) is 6.48. The van der Waals surface area contributed by atoms with Crippen molar-refractivity contribution in [1.82, 2.24) is 9.88 Å². The Balaban J connectivity index is 1.52. The van der Waals surface area contributed by atoms with Crippen molar-refractivity contribution >= 4 is 28.3 Å². The Bertz CT molecular complexity index is 516. The smallest absolute Gasteiger partial charge is 0.229 e. The molecule has 1 aliphatic heterocycles. The molecule has 0 spiro atoms. The van der Waals surface area contributed by atoms with Gasteiger partial charge in [0.05, 0.1) is 5.69 Å². The molecule has 2 heterocycles. The number of anilines is 1. The van der Waals surface area contributed by atoms with Crippen LogP contribution in [0.25, 0.3) is 0 Å². The lowest BCUT2D eigenvalue weighted by atomic mass is 9.96. The molecule has 1 N–H and O–H groups in total. The average molecular weight is 293 g/mol. The van der Waals surface area contributed by atoms with Crippen LogP contribution in [0, 0.1) is 5.92 Å². The minimum Gasteiger partial charge on any atom is -0.343 e. The first-order chi connectivity index (χ1) is 9.63. The van der Waals surface area contributed by atoms with E-state index in [1.165, 1.54) is 24.2 Å². The molecule has 0 radical (unpaired) electrons. The summed E-state index contributed by atoms with van der Waals surface area (Å²) in [4.78, 5) is 29.7. The molecule has 1 saturated carbocycles. The first-order valence-corrected chi connectivity index (χ1v) is 8.03. The number of likely N-dealkylation sites (tertiary alicyclic amines) is 1. The third-order valence-electron chi connectivity index (χ3n) is 4.06. The van der Waals surface area contributed by atoms with Gasteiger partial charge >= 0.3 is 0 Å². The van der Waals surface area contributed by atoms with Crippen LogP contribution in [0.2, 0.25) is 0 Å². The van der Waals surface area contributed by atoms with Crippen molar-refractivity contribution in [2.75, 3.05) is 18.4 Å². The van der Waals surface area contributed by atoms with Crippen LogP contribution in [-0.2, 0) is 9.59 Å². The van der Waals surface area contributed by atoms with Crippen LogP contribution in [-0.4, -0.2) is 34.8 Å². The Hall–Kier alpha value is -1.43. The molecule has 5 nitrogen and oxygen atoms in total. The molecule has 20 heavy (non-hydrogen) atoms. The van der Waals surface area contributed by atoms with Gasteiger partial charge in [-0.3, -0.25) is 9.59 Å². The van der Waals surface area contributed by atoms with Gasteiger partial charge < -0.3 is 10.2 Å². The van der Waals surface area contributed by atoms with E-state index in [2.05, 4.69) is 10.3 Å². The first kappa shape index (κ1) is 13.5. The molecular weight excluding hydrogens is 274 g/mol. The number of carbonyl (C=O) groups excluding carboxylic acids is 2. The zero-order valence-electron chi connectivity index (χ0n) is 11.6. The molecule has 2 aliphatic rings. The van der Waals surface area contributed by atoms with E-state index in [-0.39, 0.29) is 17.7 Å². The van der Waals surface area contributed by atoms with Crippen LogP contribution in [0.5, 0.6) is 0 Å². The molecule has 1 saturated heterocycles. The number of nitrogens with one attached hydrogen (secondary N) is 1. The third-order valence-corrected chi connectivity index (χ3v) is 4.83. The van der Waals surface area contributed by atoms with Crippen LogP contribution in [0.1, 0.15) is 44.2 Å². The van der Waals surface area contributed by atoms with Gasteiger partial charge in [0.1, 0.15) is 0 Å². The van der Waals surface area contributed by atoms with Crippen LogP contribution in [0.3, 0.4) is 0 Å². The fourth-order valence-electron chi connectivity index (χ4n) is 2.57. The lowest BCUT2D eigenvalue weighted by molar-refractivity contribution is -0.132. The summed E-state index contributed by atoms with van der Waals surface area (Å²) >= 11 is 1.51. The summed E-state index contributed by atoms with van der Waals surface area (Å²) in [5.41, 5.74) is 1.12. The van der Waals surface area contributed by atoms with Gasteiger partial charge in [-0.05, 0) is 25.7 Å². The number of carbonyl (C=O) groups is 2. The molecule has 0 aromatic carbocycles. The predicted molar refractivity (Wildman–Crippen MR) is 77.7 cm³/mol. The summed E-state index contributed by atoms with van der Waals surface area (Å²) < 4.78 is 0. The van der Waals surface area contributed by atoms with Crippen molar-refractivity contribution in [1.29, 1.82) is 0 Å². The van der Waals surface area contributed by atoms with Gasteiger partial charge in [0.25, 0.3) is 0 Å². The highest BCUT2D eigenvalue weighted by Crippen LogP contribution is 2.40. The normalized spacial score (nSPS) is 19.9. The summed E-state index contributed by atoms with van der Waals surface area (Å²) in [6.07, 6.45) is 3.93. The Morgan fingerprint density at radius 1 is 1.30 bits per heavy atom. The number of aromatic nitrogens is 1. The van der Waals surface area contributed by atoms with Gasteiger partial charge in [-0.25, -0.2) is 4.98 Å². The van der Waals surface area contributed by atoms with E-state index in [9.17, 15) is 9.59 Å². The molecule has 108 valence electrons. The summed E-state index contributed by atoms with van der Waals surface area (Å²) in [5.74, 6) is 0.761. The van der Waals surface area contributed by atoms with Gasteiger partial charge in [0, 0.05) is 37.2 Å². The minimum absolute atomic E-state index is 0.00104. The summed E-state index contributed by atoms with van der Waals surface area (Å²) in [5, 5.41) is 5.68. The lowest BCUT2D eigenvalue weighted by Crippen LogP contribution is -2.40. The van der Waals surface area contributed by atoms with Crippen molar-refractivity contribution < 1.29 is 9.59 Å². The fourth-order valence-corrected chi connectivity index (χ4v) is 3.37. The van der Waals surface area contributed by atoms with Gasteiger partial charge in [-0.2, -0.15) is 0 Å². The second kappa shape index (κ2) is 5.52. The standard InChI is InChI=1S/C14H19N3O2S/c1-9(18)17-6-4-11(5-7-17)13(19)16-14-15-12(8-20-14)10-2-3-10/h8,10-11H,2-7H2,1H3,(H,15,16,19). The van der Waals surface area contributed by atoms with Crippen LogP contribution < -0.4 is 5.32 Å². The predicted octanol–water partition coefficient (Wildman–Crippen LogP) is 2.22. The van der Waals surface area contributed by atoms with Crippen LogP contribution in [0.15, 0.2) is 5.38 Å². The molecule has 0 atom stereocenters. The van der Waals surface area contributed by atoms with Crippen molar-refractivity contribution in [3.63, 3.8) is 0 Å². The molecule has 1 aromatic heterocycles. The maximum absolute atomic E-state index is 12.2. The molecule has 0 unspecified atom stereocenters. The van der Waals surface area contributed by atoms with E-state index in [0.717, 1.165) is 18.5 Å². The topological polar surface area (TPSA) is 62.3 Å². The summed E-state index contributed by atoms with van der Waals surface area (Å²) in [6, 6.07) is 0. The molecule has 3 rings (SSSR count). The number of piperidine rings is 1. The van der Waals surface area contributed by atoms with Gasteiger partial charge in [0.15, 0.2) is 5.13 Å². The highest BCUT2D eigenvalue weighted by Gasteiger charge is 2.28. The molecule has 1 aromatic rings. The highest BCUT2D eigenvalue weighted by molar-refractivity contribution is 7.13. The highest BCUT2D eigenvalue weighted by atomic mass is 32.1. The summed E-state index contributed by atoms with van der Waals surface area (Å²) in [6.45, 7) is 2.94. The zero-order valence-corrected chi connectivity index (χ0v) is 12.4. The number of thiazole rings is 1. The monoisotopic (exact) mass is 293 g/mol. The lowest BCUT2D eigenvalue weighted by Gasteiger charge is -2.30. The number of nitrogens with zero attached hydrogens (tertiary/aromatic N) is 2. The number of hydrogen-bond donors (Lipinski definition) is 1. The number of rotatable bonds is 3. The van der Waals surface area contributed by atoms with Gasteiger partial charge in [-0.1, -0.05) is 0 Å². The van der Waals surface area contributed by atoms with Crippen LogP contribution in [0.4, 0.5) is 5.13 Å². The SMILES string of the molecule is CC(=O)N1CCC(C(=O)Nc2nc(C3CC3)cs2)CC1. The van der Waals surface area contributed by atoms with Gasteiger partial charge in [0.2, 0.25) is 11.8 Å². The van der Waals surface area contributed by atoms with E-state index < -0.39 is 0 Å². The van der Waals surface area contributed by atoms with Crippen molar-refractivity contribution in [3.05, 3.63) is 11.1 Å². The van der Waals surface area contributed by atoms with E-state index in [4.69, 9.17) is 0 Å². The van der Waals surface area contributed by atoms with E-state index in [0.29, 0.717) is 24.1 Å². The fraction of sp³-hybridized carbons (Fsp3) is 0.643. The average Bonchev–Trinajstić information content (AvgIpc) is 3.20. The second-order valence-electron chi connectivity index (χ2n) is 5.62. The molecule has 1 aliphatic carbocycles. The van der Waals surface area contributed by atoms with Crippen LogP contribution >= 0.6 is 11.3 Å². The first-order valence-electron chi connectivity index (χ1n) is 7.15. The van der Waals surface area contributed by atoms with E-state index in [1.807, 2.05) is 5.38 Å². The van der Waals surface area contributed by atoms with E-state index in [1.54, 1.807) is 11.8 Å². The quantitative estimate of drug-likeness (QED) is 0.929. The minimum atomic E-state index is -0.00104. The Kier molecular flexibility index (Phi) is 3.74. The number of hydrogen-bond acceptors (Lipinski definition) is 4. The van der Waals surface area contributed by atoms with Crippen molar-refractivity contribution in [2.45, 2.75) is 38.5 Å². The van der Waals surface area contributed by atoms with Crippen molar-refractivity contribution in [2.24, 2.45) is 5.92 Å². The molecular formula is C14H19N3O2S. The largest absolute Gasteiger partial charge is 0.343 e. The molecule has 2 fully saturated rings. The number of amides is 2. The van der Waals surface area contributed by atoms with Gasteiger partial charge in [-0.15, -0.1) is 11.3 Å². The molecule has 0 bridgehead atoms. The Morgan fingerprint density at radius 2 is 2.00 bits per heavy atom. The maximum atomic E-state index is 12.2. The summed E-state index contributed by atoms with van der Waals surface area (Å²) in [7, 11) is 0. The Labute approximate surface area is 122 Å². The van der Waals surface area contributed by atoms with Crippen molar-refractivity contribution in [3.8, 4) is 0 Å². The zero-order chi connectivity index (χ0) is 14.1. The maximum Gasteiger partial charge on any atom is 0.229 e. The Morgan fingerprint density at radius 3 is 2.60 bits per heavy atom. The van der Waals surface area contributed by atoms with E-state index >= 15 is 0 Å². The molecule has 6 heteroatoms. The third kappa shape index (κ3) is 3.00.